The predicted molar refractivity (Wildman–Crippen MR) is 38.9 cm³/mol. The van der Waals surface area contributed by atoms with Gasteiger partial charge in [0.15, 0.2) is 0 Å². The summed E-state index contributed by atoms with van der Waals surface area (Å²) in [5, 5.41) is 4.65. The van der Waals surface area contributed by atoms with E-state index in [1.165, 1.54) is 4.90 Å². The first-order valence-electron chi connectivity index (χ1n) is 3.46. The molecule has 1 rings (SSSR count). The number of nitrogens with zero attached hydrogens (tertiary/aromatic N) is 1. The zero-order chi connectivity index (χ0) is 8.43. The molecule has 0 saturated carbocycles. The minimum atomic E-state index is -0.424. The molecular weight excluding hydrogens is 146 g/mol. The summed E-state index contributed by atoms with van der Waals surface area (Å²) < 4.78 is 0. The number of imide groups is 1. The molecule has 11 heavy (non-hydrogen) atoms. The summed E-state index contributed by atoms with van der Waals surface area (Å²) in [6.07, 6.45) is 0. The van der Waals surface area contributed by atoms with E-state index in [0.29, 0.717) is 6.67 Å². The molecule has 1 saturated heterocycles. The first-order valence-corrected chi connectivity index (χ1v) is 3.46. The van der Waals surface area contributed by atoms with Crippen LogP contribution in [0.1, 0.15) is 13.8 Å². The topological polar surface area (TPSA) is 61.4 Å². The summed E-state index contributed by atoms with van der Waals surface area (Å²) in [7, 11) is 0. The lowest BCUT2D eigenvalue weighted by Crippen LogP contribution is -2.59. The van der Waals surface area contributed by atoms with Gasteiger partial charge in [0, 0.05) is 6.04 Å². The van der Waals surface area contributed by atoms with Gasteiger partial charge in [0.05, 0.1) is 6.67 Å². The Balaban J connectivity index is 2.57. The van der Waals surface area contributed by atoms with E-state index in [1.54, 1.807) is 0 Å². The van der Waals surface area contributed by atoms with Crippen molar-refractivity contribution >= 4 is 12.1 Å². The van der Waals surface area contributed by atoms with E-state index in [-0.39, 0.29) is 12.1 Å². The van der Waals surface area contributed by atoms with Crippen molar-refractivity contribution in [3.05, 3.63) is 0 Å². The van der Waals surface area contributed by atoms with Gasteiger partial charge in [-0.25, -0.2) is 9.59 Å². The first kappa shape index (κ1) is 7.84. The van der Waals surface area contributed by atoms with Crippen molar-refractivity contribution in [3.63, 3.8) is 0 Å². The van der Waals surface area contributed by atoms with Crippen molar-refractivity contribution in [2.45, 2.75) is 19.9 Å². The average molecular weight is 157 g/mol. The molecule has 0 spiro atoms. The third-order valence-corrected chi connectivity index (χ3v) is 1.51. The molecule has 0 bridgehead atoms. The van der Waals surface area contributed by atoms with Gasteiger partial charge >= 0.3 is 12.1 Å². The molecule has 1 heterocycles. The number of nitrogens with one attached hydrogen (secondary N) is 2. The van der Waals surface area contributed by atoms with Crippen LogP contribution < -0.4 is 10.6 Å². The molecule has 0 aromatic carbocycles. The van der Waals surface area contributed by atoms with Gasteiger partial charge in [-0.3, -0.25) is 5.32 Å². The van der Waals surface area contributed by atoms with Crippen LogP contribution in [0.4, 0.5) is 9.59 Å². The molecule has 2 N–H and O–H groups in total. The molecule has 5 heteroatoms. The van der Waals surface area contributed by atoms with Crippen LogP contribution in [0.3, 0.4) is 0 Å². The fraction of sp³-hybridized carbons (Fsp3) is 0.667. The molecule has 0 aromatic heterocycles. The Hall–Kier alpha value is -1.26. The number of amides is 4. The van der Waals surface area contributed by atoms with Crippen molar-refractivity contribution in [1.29, 1.82) is 0 Å². The van der Waals surface area contributed by atoms with Crippen LogP contribution in [0.2, 0.25) is 0 Å². The number of hydrogen-bond donors (Lipinski definition) is 2. The maximum Gasteiger partial charge on any atom is 0.327 e. The van der Waals surface area contributed by atoms with Gasteiger partial charge in [-0.2, -0.15) is 0 Å². The standard InChI is InChI=1S/C6H11N3O2/c1-4(2)9-3-7-5(10)8-6(9)11/h4H,3H2,1-2H3,(H2,7,8,10,11). The van der Waals surface area contributed by atoms with Gasteiger partial charge in [-0.1, -0.05) is 0 Å². The molecule has 1 aliphatic heterocycles. The normalized spacial score (nSPS) is 18.3. The molecule has 0 unspecified atom stereocenters. The highest BCUT2D eigenvalue weighted by molar-refractivity contribution is 5.95. The lowest BCUT2D eigenvalue weighted by atomic mass is 10.3. The molecule has 0 atom stereocenters. The van der Waals surface area contributed by atoms with Crippen LogP contribution in [-0.2, 0) is 0 Å². The molecule has 0 aliphatic carbocycles. The van der Waals surface area contributed by atoms with Crippen LogP contribution in [-0.4, -0.2) is 29.7 Å². The van der Waals surface area contributed by atoms with Gasteiger partial charge in [-0.05, 0) is 13.8 Å². The van der Waals surface area contributed by atoms with E-state index in [2.05, 4.69) is 10.6 Å². The van der Waals surface area contributed by atoms with E-state index < -0.39 is 6.03 Å². The quantitative estimate of drug-likeness (QED) is 0.566. The maximum absolute atomic E-state index is 11.0. The van der Waals surface area contributed by atoms with E-state index in [1.807, 2.05) is 13.8 Å². The van der Waals surface area contributed by atoms with Crippen molar-refractivity contribution in [2.24, 2.45) is 0 Å². The number of carbonyl (C=O) groups is 2. The van der Waals surface area contributed by atoms with Crippen molar-refractivity contribution in [2.75, 3.05) is 6.67 Å². The monoisotopic (exact) mass is 157 g/mol. The fourth-order valence-electron chi connectivity index (χ4n) is 0.859. The van der Waals surface area contributed by atoms with Gasteiger partial charge in [0.2, 0.25) is 0 Å². The highest BCUT2D eigenvalue weighted by Gasteiger charge is 2.23. The van der Waals surface area contributed by atoms with Crippen LogP contribution in [0.25, 0.3) is 0 Å². The van der Waals surface area contributed by atoms with Crippen LogP contribution in [0.5, 0.6) is 0 Å². The highest BCUT2D eigenvalue weighted by Crippen LogP contribution is 1.99. The Morgan fingerprint density at radius 2 is 2.09 bits per heavy atom. The first-order chi connectivity index (χ1) is 5.11. The fourth-order valence-corrected chi connectivity index (χ4v) is 0.859. The summed E-state index contributed by atoms with van der Waals surface area (Å²) in [6.45, 7) is 4.07. The summed E-state index contributed by atoms with van der Waals surface area (Å²) in [6, 6.07) is -0.647. The number of rotatable bonds is 1. The predicted octanol–water partition coefficient (Wildman–Crippen LogP) is 0.0871. The minimum absolute atomic E-state index is 0.107. The van der Waals surface area contributed by atoms with Crippen molar-refractivity contribution in [3.8, 4) is 0 Å². The van der Waals surface area contributed by atoms with Gasteiger partial charge in [0.25, 0.3) is 0 Å². The van der Waals surface area contributed by atoms with E-state index in [4.69, 9.17) is 0 Å². The second kappa shape index (κ2) is 2.77. The van der Waals surface area contributed by atoms with E-state index >= 15 is 0 Å². The second-order valence-corrected chi connectivity index (χ2v) is 2.66. The minimum Gasteiger partial charge on any atom is -0.320 e. The van der Waals surface area contributed by atoms with E-state index in [0.717, 1.165) is 0 Å². The van der Waals surface area contributed by atoms with E-state index in [9.17, 15) is 9.59 Å². The Morgan fingerprint density at radius 1 is 1.45 bits per heavy atom. The second-order valence-electron chi connectivity index (χ2n) is 2.66. The highest BCUT2D eigenvalue weighted by atomic mass is 16.2. The summed E-state index contributed by atoms with van der Waals surface area (Å²) in [5.74, 6) is 0. The molecule has 1 fully saturated rings. The number of urea groups is 2. The van der Waals surface area contributed by atoms with Crippen LogP contribution >= 0.6 is 0 Å². The zero-order valence-electron chi connectivity index (χ0n) is 6.55. The third kappa shape index (κ3) is 1.60. The summed E-state index contributed by atoms with van der Waals surface area (Å²) >= 11 is 0. The molecular formula is C6H11N3O2. The number of hydrogen-bond acceptors (Lipinski definition) is 2. The van der Waals surface area contributed by atoms with Gasteiger partial charge in [0.1, 0.15) is 0 Å². The lowest BCUT2D eigenvalue weighted by molar-refractivity contribution is 0.163. The largest absolute Gasteiger partial charge is 0.327 e. The van der Waals surface area contributed by atoms with Crippen LogP contribution in [0, 0.1) is 0 Å². The molecule has 0 aromatic rings. The Kier molecular flexibility index (Phi) is 1.98. The zero-order valence-corrected chi connectivity index (χ0v) is 6.55. The molecule has 1 aliphatic rings. The molecule has 62 valence electrons. The average Bonchev–Trinajstić information content (AvgIpc) is 1.85. The summed E-state index contributed by atoms with van der Waals surface area (Å²) in [5.41, 5.74) is 0. The van der Waals surface area contributed by atoms with Crippen LogP contribution in [0.15, 0.2) is 0 Å². The molecule has 4 amide bonds. The lowest BCUT2D eigenvalue weighted by Gasteiger charge is -2.30. The maximum atomic E-state index is 11.0. The molecule has 5 nitrogen and oxygen atoms in total. The van der Waals surface area contributed by atoms with Crippen molar-refractivity contribution in [1.82, 2.24) is 15.5 Å². The Morgan fingerprint density at radius 3 is 2.55 bits per heavy atom. The van der Waals surface area contributed by atoms with Gasteiger partial charge in [-0.15, -0.1) is 0 Å². The number of carbonyl (C=O) groups excluding carboxylic acids is 2. The molecule has 0 radical (unpaired) electrons. The smallest absolute Gasteiger partial charge is 0.320 e. The third-order valence-electron chi connectivity index (χ3n) is 1.51. The van der Waals surface area contributed by atoms with Crippen molar-refractivity contribution < 1.29 is 9.59 Å². The Labute approximate surface area is 64.7 Å². The SMILES string of the molecule is CC(C)N1CNC(=O)NC1=O. The summed E-state index contributed by atoms with van der Waals surface area (Å²) in [4.78, 5) is 23.1. The van der Waals surface area contributed by atoms with Gasteiger partial charge < -0.3 is 10.2 Å². The Bertz CT molecular complexity index is 190.